The molecule has 0 bridgehead atoms. The van der Waals surface area contributed by atoms with Gasteiger partial charge in [0.1, 0.15) is 11.8 Å². The molecule has 1 N–H and O–H groups in total. The van der Waals surface area contributed by atoms with Gasteiger partial charge in [0, 0.05) is 5.69 Å². The van der Waals surface area contributed by atoms with Crippen molar-refractivity contribution in [2.24, 2.45) is 0 Å². The van der Waals surface area contributed by atoms with E-state index >= 15 is 0 Å². The fourth-order valence-electron chi connectivity index (χ4n) is 4.45. The van der Waals surface area contributed by atoms with Crippen LogP contribution in [0, 0.1) is 0 Å². The van der Waals surface area contributed by atoms with Gasteiger partial charge in [0.05, 0.1) is 43.3 Å². The highest BCUT2D eigenvalue weighted by Gasteiger charge is 2.40. The molecule has 1 aromatic heterocycles. The second kappa shape index (κ2) is 10.1. The summed E-state index contributed by atoms with van der Waals surface area (Å²) >= 11 is 0. The molecular formula is C28H26N4O5. The number of imidazole rings is 1. The number of methoxy groups -OCH3 is 1. The number of hydrogen-bond acceptors (Lipinski definition) is 6. The molecule has 0 spiro atoms. The van der Waals surface area contributed by atoms with Gasteiger partial charge in [-0.3, -0.25) is 19.1 Å². The summed E-state index contributed by atoms with van der Waals surface area (Å²) in [5.74, 6) is 0.301. The number of nitrogens with one attached hydrogen (secondary N) is 1. The zero-order valence-electron chi connectivity index (χ0n) is 20.5. The molecule has 3 aromatic carbocycles. The summed E-state index contributed by atoms with van der Waals surface area (Å²) in [5, 5.41) is 2.83. The van der Waals surface area contributed by atoms with E-state index in [0.717, 1.165) is 22.3 Å². The normalized spacial score (nSPS) is 14.5. The van der Waals surface area contributed by atoms with E-state index in [1.807, 2.05) is 53.1 Å². The maximum Gasteiger partial charge on any atom is 0.338 e. The molecule has 5 rings (SSSR count). The van der Waals surface area contributed by atoms with Crippen LogP contribution < -0.4 is 15.0 Å². The zero-order chi connectivity index (χ0) is 25.9. The van der Waals surface area contributed by atoms with Gasteiger partial charge in [-0.25, -0.2) is 9.78 Å². The van der Waals surface area contributed by atoms with Crippen LogP contribution in [0.4, 0.5) is 11.6 Å². The number of amides is 2. The van der Waals surface area contributed by atoms with Crippen LogP contribution in [0.1, 0.15) is 35.3 Å². The van der Waals surface area contributed by atoms with Gasteiger partial charge in [-0.15, -0.1) is 0 Å². The van der Waals surface area contributed by atoms with Crippen molar-refractivity contribution in [3.63, 3.8) is 0 Å². The lowest BCUT2D eigenvalue weighted by Crippen LogP contribution is -2.31. The average molecular weight is 499 g/mol. The monoisotopic (exact) mass is 498 g/mol. The Hall–Kier alpha value is -4.66. The number of carbonyl (C=O) groups is 3. The molecule has 0 fully saturated rings. The number of nitrogens with zero attached hydrogens (tertiary/aromatic N) is 3. The van der Waals surface area contributed by atoms with Gasteiger partial charge in [0.25, 0.3) is 5.91 Å². The molecule has 37 heavy (non-hydrogen) atoms. The maximum atomic E-state index is 13.6. The van der Waals surface area contributed by atoms with Gasteiger partial charge in [-0.2, -0.15) is 0 Å². The number of anilines is 2. The Morgan fingerprint density at radius 1 is 1.00 bits per heavy atom. The van der Waals surface area contributed by atoms with Gasteiger partial charge in [0.2, 0.25) is 11.9 Å². The van der Waals surface area contributed by atoms with E-state index in [2.05, 4.69) is 5.32 Å². The Balaban J connectivity index is 1.37. The van der Waals surface area contributed by atoms with Crippen molar-refractivity contribution < 1.29 is 23.9 Å². The topological polar surface area (TPSA) is 103 Å². The van der Waals surface area contributed by atoms with E-state index in [9.17, 15) is 14.4 Å². The van der Waals surface area contributed by atoms with Crippen molar-refractivity contribution in [3.8, 4) is 5.75 Å². The molecule has 2 amide bonds. The minimum absolute atomic E-state index is 0.0646. The third-order valence-corrected chi connectivity index (χ3v) is 6.24. The van der Waals surface area contributed by atoms with E-state index in [0.29, 0.717) is 23.7 Å². The molecule has 2 heterocycles. The predicted octanol–water partition coefficient (Wildman–Crippen LogP) is 4.34. The van der Waals surface area contributed by atoms with Gasteiger partial charge >= 0.3 is 5.97 Å². The number of para-hydroxylation sites is 2. The van der Waals surface area contributed by atoms with Crippen molar-refractivity contribution >= 4 is 40.5 Å². The number of benzene rings is 3. The largest absolute Gasteiger partial charge is 0.497 e. The molecule has 0 unspecified atom stereocenters. The number of fused-ring (bicyclic) bond motifs is 3. The smallest absolute Gasteiger partial charge is 0.338 e. The number of esters is 1. The summed E-state index contributed by atoms with van der Waals surface area (Å²) in [7, 11) is 1.60. The molecule has 4 aromatic rings. The lowest BCUT2D eigenvalue weighted by Gasteiger charge is -2.16. The molecule has 1 atom stereocenters. The highest BCUT2D eigenvalue weighted by molar-refractivity contribution is 6.05. The SMILES string of the molecule is CCOC(=O)c1ccc(NC(=O)C[C@H]2C(=O)N(Cc3ccc(OC)cc3)c3nc4ccccc4n32)cc1. The lowest BCUT2D eigenvalue weighted by atomic mass is 10.1. The summed E-state index contributed by atoms with van der Waals surface area (Å²) < 4.78 is 12.1. The fourth-order valence-corrected chi connectivity index (χ4v) is 4.45. The molecule has 0 saturated carbocycles. The second-order valence-corrected chi connectivity index (χ2v) is 8.61. The third-order valence-electron chi connectivity index (χ3n) is 6.24. The Bertz CT molecular complexity index is 1460. The first-order valence-electron chi connectivity index (χ1n) is 12.0. The maximum absolute atomic E-state index is 13.6. The number of ether oxygens (including phenoxy) is 2. The van der Waals surface area contributed by atoms with Crippen molar-refractivity contribution in [3.05, 3.63) is 83.9 Å². The average Bonchev–Trinajstić information content (AvgIpc) is 3.40. The standard InChI is InChI=1S/C28H26N4O5/c1-3-37-27(35)19-10-12-20(13-11-19)29-25(33)16-24-26(34)31(17-18-8-14-21(36-2)15-9-18)28-30-22-6-4-5-7-23(22)32(24)28/h4-15,24H,3,16-17H2,1-2H3,(H,29,33)/t24-/m0/s1. The number of hydrogen-bond donors (Lipinski definition) is 1. The van der Waals surface area contributed by atoms with E-state index in [1.165, 1.54) is 0 Å². The predicted molar refractivity (Wildman–Crippen MR) is 139 cm³/mol. The Kier molecular flexibility index (Phi) is 6.59. The third kappa shape index (κ3) is 4.75. The summed E-state index contributed by atoms with van der Waals surface area (Å²) in [4.78, 5) is 44.8. The van der Waals surface area contributed by atoms with Crippen LogP contribution >= 0.6 is 0 Å². The Morgan fingerprint density at radius 3 is 2.43 bits per heavy atom. The molecule has 1 aliphatic rings. The highest BCUT2D eigenvalue weighted by atomic mass is 16.5. The molecule has 1 aliphatic heterocycles. The zero-order valence-corrected chi connectivity index (χ0v) is 20.5. The Labute approximate surface area is 213 Å². The van der Waals surface area contributed by atoms with Crippen LogP contribution in [-0.4, -0.2) is 41.1 Å². The molecule has 0 aliphatic carbocycles. The summed E-state index contributed by atoms with van der Waals surface area (Å²) in [5.41, 5.74) is 3.38. The minimum Gasteiger partial charge on any atom is -0.497 e. The number of rotatable bonds is 8. The second-order valence-electron chi connectivity index (χ2n) is 8.61. The van der Waals surface area contributed by atoms with Crippen LogP contribution in [0.15, 0.2) is 72.8 Å². The molecule has 0 radical (unpaired) electrons. The van der Waals surface area contributed by atoms with E-state index in [-0.39, 0.29) is 24.8 Å². The van der Waals surface area contributed by atoms with Crippen LogP contribution in [0.5, 0.6) is 5.75 Å². The first-order chi connectivity index (χ1) is 18.0. The van der Waals surface area contributed by atoms with Crippen LogP contribution in [0.3, 0.4) is 0 Å². The van der Waals surface area contributed by atoms with Gasteiger partial charge in [-0.1, -0.05) is 24.3 Å². The quantitative estimate of drug-likeness (QED) is 0.363. The highest BCUT2D eigenvalue weighted by Crippen LogP contribution is 2.37. The first kappa shape index (κ1) is 24.1. The molecule has 9 nitrogen and oxygen atoms in total. The van der Waals surface area contributed by atoms with Gasteiger partial charge in [-0.05, 0) is 61.0 Å². The fraction of sp³-hybridized carbons (Fsp3) is 0.214. The minimum atomic E-state index is -0.737. The Morgan fingerprint density at radius 2 is 1.73 bits per heavy atom. The summed E-state index contributed by atoms with van der Waals surface area (Å²) in [6.07, 6.45) is -0.0646. The van der Waals surface area contributed by atoms with Crippen molar-refractivity contribution in [2.75, 3.05) is 23.9 Å². The lowest BCUT2D eigenvalue weighted by molar-refractivity contribution is -0.124. The van der Waals surface area contributed by atoms with Crippen LogP contribution in [-0.2, 0) is 20.9 Å². The van der Waals surface area contributed by atoms with Crippen LogP contribution in [0.25, 0.3) is 11.0 Å². The van der Waals surface area contributed by atoms with Gasteiger partial charge in [0.15, 0.2) is 0 Å². The molecule has 9 heteroatoms. The molecular weight excluding hydrogens is 472 g/mol. The summed E-state index contributed by atoms with van der Waals surface area (Å²) in [6.45, 7) is 2.34. The van der Waals surface area contributed by atoms with E-state index < -0.39 is 12.0 Å². The van der Waals surface area contributed by atoms with Crippen molar-refractivity contribution in [2.45, 2.75) is 25.9 Å². The van der Waals surface area contributed by atoms with Crippen molar-refractivity contribution in [1.29, 1.82) is 0 Å². The molecule has 188 valence electrons. The van der Waals surface area contributed by atoms with Crippen molar-refractivity contribution in [1.82, 2.24) is 9.55 Å². The molecule has 0 saturated heterocycles. The van der Waals surface area contributed by atoms with Crippen LogP contribution in [0.2, 0.25) is 0 Å². The van der Waals surface area contributed by atoms with Gasteiger partial charge < -0.3 is 14.8 Å². The van der Waals surface area contributed by atoms with E-state index in [4.69, 9.17) is 14.5 Å². The number of carbonyl (C=O) groups excluding carboxylic acids is 3. The number of aromatic nitrogens is 2. The first-order valence-corrected chi connectivity index (χ1v) is 12.0. The summed E-state index contributed by atoms with van der Waals surface area (Å²) in [6, 6.07) is 20.8. The van der Waals surface area contributed by atoms with E-state index in [1.54, 1.807) is 43.2 Å².